The molecule has 0 amide bonds. The topological polar surface area (TPSA) is 83.0 Å². The Labute approximate surface area is 288 Å². The number of aromatic nitrogens is 2. The van der Waals surface area contributed by atoms with Gasteiger partial charge in [0.25, 0.3) is 0 Å². The van der Waals surface area contributed by atoms with Crippen molar-refractivity contribution in [1.82, 2.24) is 20.2 Å². The third kappa shape index (κ3) is 4.84. The third-order valence-electron chi connectivity index (χ3n) is 12.4. The molecule has 256 valence electrons. The van der Waals surface area contributed by atoms with Gasteiger partial charge in [0.2, 0.25) is 0 Å². The van der Waals surface area contributed by atoms with Crippen LogP contribution in [-0.2, 0) is 10.2 Å². The quantitative estimate of drug-likeness (QED) is 0.198. The van der Waals surface area contributed by atoms with Gasteiger partial charge in [-0.1, -0.05) is 17.7 Å². The zero-order chi connectivity index (χ0) is 33.0. The van der Waals surface area contributed by atoms with Gasteiger partial charge in [-0.05, 0) is 103 Å². The fourth-order valence-electron chi connectivity index (χ4n) is 10.1. The molecule has 0 radical (unpaired) electrons. The second kappa shape index (κ2) is 11.4. The summed E-state index contributed by atoms with van der Waals surface area (Å²) in [5.41, 5.74) is 0.944. The summed E-state index contributed by atoms with van der Waals surface area (Å²) in [4.78, 5) is 14.3. The first-order chi connectivity index (χ1) is 23.8. The first kappa shape index (κ1) is 30.5. The van der Waals surface area contributed by atoms with Crippen LogP contribution in [0.4, 0.5) is 14.6 Å². The van der Waals surface area contributed by atoms with Crippen LogP contribution in [0, 0.1) is 17.6 Å². The highest BCUT2D eigenvalue weighted by atomic mass is 35.5. The number of halogens is 3. The summed E-state index contributed by atoms with van der Waals surface area (Å²) in [5, 5.41) is 16.5. The molecule has 4 aliphatic heterocycles. The Hall–Kier alpha value is -3.31. The number of benzene rings is 3. The second-order valence-electron chi connectivity index (χ2n) is 15.5. The molecule has 0 spiro atoms. The van der Waals surface area contributed by atoms with E-state index in [-0.39, 0.29) is 39.1 Å². The maximum absolute atomic E-state index is 17.3. The normalized spacial score (nSPS) is 30.2. The zero-order valence-corrected chi connectivity index (χ0v) is 28.1. The summed E-state index contributed by atoms with van der Waals surface area (Å²) in [6.07, 6.45) is 8.08. The van der Waals surface area contributed by atoms with E-state index in [1.807, 2.05) is 0 Å². The Morgan fingerprint density at radius 1 is 1.00 bits per heavy atom. The lowest BCUT2D eigenvalue weighted by molar-refractivity contribution is -0.0287. The van der Waals surface area contributed by atoms with E-state index in [4.69, 9.17) is 26.1 Å². The Kier molecular flexibility index (Phi) is 7.07. The number of phenolic OH excluding ortho intramolecular Hbond substituents is 1. The van der Waals surface area contributed by atoms with E-state index in [9.17, 15) is 5.11 Å². The summed E-state index contributed by atoms with van der Waals surface area (Å²) >= 11 is 7.04. The van der Waals surface area contributed by atoms with Crippen LogP contribution in [0.15, 0.2) is 30.3 Å². The Balaban J connectivity index is 1.07. The van der Waals surface area contributed by atoms with Crippen molar-refractivity contribution in [1.29, 1.82) is 0 Å². The average Bonchev–Trinajstić information content (AvgIpc) is 3.48. The highest BCUT2D eigenvalue weighted by molar-refractivity contribution is 6.35. The van der Waals surface area contributed by atoms with Crippen LogP contribution in [0.25, 0.3) is 32.8 Å². The number of phenols is 1. The standard InChI is InChI=1S/C38H40ClF2N5O3/c39-29-12-28-35(34(41)32(29)27-11-26(47)10-21-2-7-30(40)33(31(21)27)38-13-20(14-38)15-38)43-37(44-36(28)45-16-22-3-4-23(17-45)42-22)49-9-1-8-46-24-5-6-25(46)19-48-18-24/h2,7,10-12,20,22-25,42,47H,1,3-6,8-9,13-19H2. The van der Waals surface area contributed by atoms with Gasteiger partial charge in [0.15, 0.2) is 5.82 Å². The van der Waals surface area contributed by atoms with E-state index >= 15 is 8.78 Å². The molecule has 7 aliphatic rings. The predicted octanol–water partition coefficient (Wildman–Crippen LogP) is 6.71. The number of nitrogens with one attached hydrogen (secondary N) is 1. The van der Waals surface area contributed by atoms with Gasteiger partial charge in [0, 0.05) is 60.3 Å². The van der Waals surface area contributed by atoms with Crippen molar-refractivity contribution in [3.05, 3.63) is 52.6 Å². The number of piperazine rings is 1. The van der Waals surface area contributed by atoms with Gasteiger partial charge in [0.05, 0.1) is 24.8 Å². The molecule has 8 nitrogen and oxygen atoms in total. The number of nitrogens with zero attached hydrogens (tertiary/aromatic N) is 4. The van der Waals surface area contributed by atoms with Crippen molar-refractivity contribution < 1.29 is 23.4 Å². The number of ether oxygens (including phenoxy) is 2. The van der Waals surface area contributed by atoms with Gasteiger partial charge in [-0.15, -0.1) is 0 Å². The average molecular weight is 688 g/mol. The molecule has 11 rings (SSSR count). The molecule has 49 heavy (non-hydrogen) atoms. The van der Waals surface area contributed by atoms with Crippen LogP contribution >= 0.6 is 11.6 Å². The molecular weight excluding hydrogens is 648 g/mol. The predicted molar refractivity (Wildman–Crippen MR) is 185 cm³/mol. The summed E-state index contributed by atoms with van der Waals surface area (Å²) in [6, 6.07) is 9.73. The molecule has 7 fully saturated rings. The molecule has 2 N–H and O–H groups in total. The monoisotopic (exact) mass is 687 g/mol. The Morgan fingerprint density at radius 3 is 2.47 bits per heavy atom. The number of anilines is 1. The number of fused-ring (bicyclic) bond motifs is 6. The van der Waals surface area contributed by atoms with Crippen LogP contribution in [-0.4, -0.2) is 83.6 Å². The minimum atomic E-state index is -0.626. The van der Waals surface area contributed by atoms with E-state index in [1.165, 1.54) is 25.0 Å². The maximum Gasteiger partial charge on any atom is 0.319 e. The smallest absolute Gasteiger partial charge is 0.319 e. The highest BCUT2D eigenvalue weighted by Crippen LogP contribution is 2.67. The fourth-order valence-corrected chi connectivity index (χ4v) is 10.4. The number of aromatic hydroxyl groups is 1. The Morgan fingerprint density at radius 2 is 1.76 bits per heavy atom. The van der Waals surface area contributed by atoms with Crippen molar-refractivity contribution >= 4 is 39.1 Å². The largest absolute Gasteiger partial charge is 0.508 e. The molecule has 6 bridgehead atoms. The van der Waals surface area contributed by atoms with Crippen LogP contribution in [0.2, 0.25) is 5.02 Å². The highest BCUT2D eigenvalue weighted by Gasteiger charge is 2.59. The van der Waals surface area contributed by atoms with Crippen LogP contribution < -0.4 is 15.0 Å². The van der Waals surface area contributed by atoms with Crippen molar-refractivity contribution in [2.45, 2.75) is 80.9 Å². The molecular formula is C38H40ClF2N5O3. The van der Waals surface area contributed by atoms with E-state index in [2.05, 4.69) is 20.1 Å². The van der Waals surface area contributed by atoms with E-state index in [0.29, 0.717) is 69.8 Å². The fraction of sp³-hybridized carbons (Fsp3) is 0.526. The van der Waals surface area contributed by atoms with Gasteiger partial charge in [-0.3, -0.25) is 4.90 Å². The summed E-state index contributed by atoms with van der Waals surface area (Å²) in [6.45, 7) is 4.36. The van der Waals surface area contributed by atoms with Crippen LogP contribution in [0.3, 0.4) is 0 Å². The first-order valence-corrected chi connectivity index (χ1v) is 18.3. The minimum Gasteiger partial charge on any atom is -0.508 e. The lowest BCUT2D eigenvalue weighted by Crippen LogP contribution is -2.55. The molecule has 4 atom stereocenters. The molecule has 4 unspecified atom stereocenters. The van der Waals surface area contributed by atoms with Gasteiger partial charge in [0.1, 0.15) is 22.9 Å². The second-order valence-corrected chi connectivity index (χ2v) is 15.9. The molecule has 4 aromatic rings. The molecule has 4 saturated heterocycles. The number of hydrogen-bond acceptors (Lipinski definition) is 8. The molecule has 3 aliphatic carbocycles. The van der Waals surface area contributed by atoms with E-state index in [1.54, 1.807) is 18.2 Å². The summed E-state index contributed by atoms with van der Waals surface area (Å²) in [7, 11) is 0. The van der Waals surface area contributed by atoms with Crippen LogP contribution in [0.1, 0.15) is 56.9 Å². The summed E-state index contributed by atoms with van der Waals surface area (Å²) < 4.78 is 45.0. The molecule has 3 saturated carbocycles. The number of hydrogen-bond donors (Lipinski definition) is 2. The zero-order valence-electron chi connectivity index (χ0n) is 27.4. The number of morpholine rings is 1. The van der Waals surface area contributed by atoms with E-state index in [0.717, 1.165) is 71.4 Å². The van der Waals surface area contributed by atoms with Gasteiger partial charge in [-0.25, -0.2) is 8.78 Å². The number of rotatable bonds is 8. The van der Waals surface area contributed by atoms with Gasteiger partial charge >= 0.3 is 6.01 Å². The third-order valence-corrected chi connectivity index (χ3v) is 12.7. The molecule has 11 heteroatoms. The minimum absolute atomic E-state index is 0.0365. The van der Waals surface area contributed by atoms with Crippen molar-refractivity contribution in [2.24, 2.45) is 5.92 Å². The van der Waals surface area contributed by atoms with Crippen molar-refractivity contribution in [3.63, 3.8) is 0 Å². The van der Waals surface area contributed by atoms with Gasteiger partial charge < -0.3 is 24.8 Å². The van der Waals surface area contributed by atoms with E-state index < -0.39 is 5.82 Å². The summed E-state index contributed by atoms with van der Waals surface area (Å²) in [5.74, 6) is 0.269. The van der Waals surface area contributed by atoms with Crippen LogP contribution in [0.5, 0.6) is 11.8 Å². The maximum atomic E-state index is 17.3. The lowest BCUT2D eigenvalue weighted by atomic mass is 9.42. The SMILES string of the molecule is Oc1cc(-c2c(Cl)cc3c(N4CC5CCC(C4)N5)nc(OCCCN4C5CCC4COC5)nc3c2F)c2c(C34CC(C3)C4)c(F)ccc2c1. The Bertz CT molecular complexity index is 1970. The molecule has 3 aromatic carbocycles. The molecule has 5 heterocycles. The first-order valence-electron chi connectivity index (χ1n) is 18.0. The lowest BCUT2D eigenvalue weighted by Gasteiger charge is -2.62. The van der Waals surface area contributed by atoms with Gasteiger partial charge in [-0.2, -0.15) is 9.97 Å². The van der Waals surface area contributed by atoms with Crippen molar-refractivity contribution in [3.8, 4) is 22.9 Å². The molecule has 1 aromatic heterocycles. The van der Waals surface area contributed by atoms with Crippen molar-refractivity contribution in [2.75, 3.05) is 44.4 Å².